The van der Waals surface area contributed by atoms with E-state index in [4.69, 9.17) is 10.5 Å². The summed E-state index contributed by atoms with van der Waals surface area (Å²) in [6, 6.07) is 0. The van der Waals surface area contributed by atoms with Gasteiger partial charge in [-0.3, -0.25) is 0 Å². The van der Waals surface area contributed by atoms with E-state index < -0.39 is 10.0 Å². The fraction of sp³-hybridized carbons (Fsp3) is 1.00. The molecule has 0 amide bonds. The molecule has 3 N–H and O–H groups in total. The fourth-order valence-corrected chi connectivity index (χ4v) is 2.43. The first-order valence-electron chi connectivity index (χ1n) is 4.84. The van der Waals surface area contributed by atoms with Crippen LogP contribution in [0.2, 0.25) is 0 Å². The summed E-state index contributed by atoms with van der Waals surface area (Å²) in [5.74, 6) is 0.289. The van der Waals surface area contributed by atoms with E-state index in [9.17, 15) is 8.42 Å². The molecule has 0 saturated carbocycles. The van der Waals surface area contributed by atoms with Gasteiger partial charge in [0.05, 0.1) is 11.9 Å². The summed E-state index contributed by atoms with van der Waals surface area (Å²) in [7, 11) is -3.17. The van der Waals surface area contributed by atoms with Crippen molar-refractivity contribution in [3.8, 4) is 0 Å². The summed E-state index contributed by atoms with van der Waals surface area (Å²) in [5, 5.41) is 0. The van der Waals surface area contributed by atoms with Gasteiger partial charge in [0.2, 0.25) is 10.0 Å². The van der Waals surface area contributed by atoms with Gasteiger partial charge in [-0.15, -0.1) is 0 Å². The van der Waals surface area contributed by atoms with Gasteiger partial charge in [-0.2, -0.15) is 0 Å². The molecule has 0 aromatic rings. The second kappa shape index (κ2) is 5.06. The summed E-state index contributed by atoms with van der Waals surface area (Å²) in [6.07, 6.45) is 1.07. The van der Waals surface area contributed by atoms with Gasteiger partial charge in [0.15, 0.2) is 0 Å². The van der Waals surface area contributed by atoms with Crippen LogP contribution in [-0.2, 0) is 14.8 Å². The van der Waals surface area contributed by atoms with Crippen LogP contribution in [0.25, 0.3) is 0 Å². The molecule has 0 aliphatic carbocycles. The Labute approximate surface area is 85.1 Å². The number of hydrogen-bond acceptors (Lipinski definition) is 4. The van der Waals surface area contributed by atoms with Crippen molar-refractivity contribution in [2.75, 3.05) is 25.4 Å². The van der Waals surface area contributed by atoms with Gasteiger partial charge in [0.25, 0.3) is 0 Å². The van der Waals surface area contributed by atoms with Crippen LogP contribution in [0, 0.1) is 5.92 Å². The molecular formula is C8H18N2O3S. The van der Waals surface area contributed by atoms with Crippen molar-refractivity contribution in [3.05, 3.63) is 0 Å². The van der Waals surface area contributed by atoms with Crippen LogP contribution in [0.1, 0.15) is 13.3 Å². The monoisotopic (exact) mass is 222 g/mol. The predicted molar refractivity (Wildman–Crippen MR) is 54.4 cm³/mol. The third-order valence-electron chi connectivity index (χ3n) is 2.49. The molecule has 0 spiro atoms. The lowest BCUT2D eigenvalue weighted by atomic mass is 10.0. The van der Waals surface area contributed by atoms with Crippen LogP contribution in [0.4, 0.5) is 0 Å². The van der Waals surface area contributed by atoms with Gasteiger partial charge in [0.1, 0.15) is 0 Å². The minimum Gasteiger partial charge on any atom is -0.378 e. The highest BCUT2D eigenvalue weighted by atomic mass is 32.2. The number of nitrogens with one attached hydrogen (secondary N) is 1. The molecule has 0 radical (unpaired) electrons. The predicted octanol–water partition coefficient (Wildman–Crippen LogP) is -0.710. The first-order valence-corrected chi connectivity index (χ1v) is 6.49. The highest BCUT2D eigenvalue weighted by Crippen LogP contribution is 2.19. The Morgan fingerprint density at radius 3 is 2.79 bits per heavy atom. The minimum absolute atomic E-state index is 0.00500. The van der Waals surface area contributed by atoms with Gasteiger partial charge in [-0.1, -0.05) is 0 Å². The van der Waals surface area contributed by atoms with Crippen LogP contribution < -0.4 is 10.5 Å². The lowest BCUT2D eigenvalue weighted by molar-refractivity contribution is 0.107. The normalized spacial score (nSPS) is 28.1. The number of ether oxygens (including phenoxy) is 1. The van der Waals surface area contributed by atoms with E-state index >= 15 is 0 Å². The second-order valence-corrected chi connectivity index (χ2v) is 5.51. The molecule has 0 bridgehead atoms. The van der Waals surface area contributed by atoms with Gasteiger partial charge in [0, 0.05) is 25.6 Å². The first-order chi connectivity index (χ1) is 6.55. The van der Waals surface area contributed by atoms with Gasteiger partial charge in [-0.05, 0) is 13.3 Å². The molecule has 1 aliphatic rings. The molecule has 1 aliphatic heterocycles. The maximum Gasteiger partial charge on any atom is 0.212 e. The van der Waals surface area contributed by atoms with Crippen LogP contribution in [0.5, 0.6) is 0 Å². The van der Waals surface area contributed by atoms with Crippen molar-refractivity contribution in [2.45, 2.75) is 19.4 Å². The van der Waals surface area contributed by atoms with E-state index in [2.05, 4.69) is 4.72 Å². The van der Waals surface area contributed by atoms with E-state index in [0.29, 0.717) is 12.5 Å². The third kappa shape index (κ3) is 3.53. The van der Waals surface area contributed by atoms with E-state index in [1.54, 1.807) is 0 Å². The minimum atomic E-state index is -3.17. The van der Waals surface area contributed by atoms with E-state index in [1.807, 2.05) is 6.92 Å². The molecule has 84 valence electrons. The molecule has 0 aromatic carbocycles. The molecule has 0 aromatic heterocycles. The largest absolute Gasteiger partial charge is 0.378 e. The Kier molecular flexibility index (Phi) is 4.31. The third-order valence-corrected chi connectivity index (χ3v) is 3.86. The smallest absolute Gasteiger partial charge is 0.212 e. The molecule has 1 rings (SSSR count). The van der Waals surface area contributed by atoms with Crippen molar-refractivity contribution in [3.63, 3.8) is 0 Å². The standard InChI is InChI=1S/C8H18N2O3S/c1-7-8(2-4-13-7)6-10-14(11,12)5-3-9/h7-8,10H,2-6,9H2,1H3. The number of rotatable bonds is 5. The lowest BCUT2D eigenvalue weighted by Crippen LogP contribution is -2.35. The zero-order valence-electron chi connectivity index (χ0n) is 8.40. The summed E-state index contributed by atoms with van der Waals surface area (Å²) < 4.78 is 30.4. The second-order valence-electron chi connectivity index (χ2n) is 3.58. The van der Waals surface area contributed by atoms with Gasteiger partial charge in [-0.25, -0.2) is 13.1 Å². The number of nitrogens with two attached hydrogens (primary N) is 1. The number of sulfonamides is 1. The fourth-order valence-electron chi connectivity index (χ4n) is 1.51. The maximum absolute atomic E-state index is 11.3. The summed E-state index contributed by atoms with van der Waals surface area (Å²) in [6.45, 7) is 3.31. The van der Waals surface area contributed by atoms with Crippen molar-refractivity contribution in [2.24, 2.45) is 11.7 Å². The van der Waals surface area contributed by atoms with Crippen LogP contribution in [-0.4, -0.2) is 40.0 Å². The molecule has 1 saturated heterocycles. The Hall–Kier alpha value is -0.170. The molecule has 14 heavy (non-hydrogen) atoms. The quantitative estimate of drug-likeness (QED) is 0.644. The Bertz CT molecular complexity index is 266. The highest BCUT2D eigenvalue weighted by molar-refractivity contribution is 7.89. The summed E-state index contributed by atoms with van der Waals surface area (Å²) in [4.78, 5) is 0. The Morgan fingerprint density at radius 2 is 2.29 bits per heavy atom. The van der Waals surface area contributed by atoms with Crippen molar-refractivity contribution >= 4 is 10.0 Å². The van der Waals surface area contributed by atoms with Crippen LogP contribution in [0.3, 0.4) is 0 Å². The molecule has 2 atom stereocenters. The zero-order chi connectivity index (χ0) is 10.6. The zero-order valence-corrected chi connectivity index (χ0v) is 9.22. The number of hydrogen-bond donors (Lipinski definition) is 2. The summed E-state index contributed by atoms with van der Waals surface area (Å²) in [5.41, 5.74) is 5.18. The van der Waals surface area contributed by atoms with E-state index in [0.717, 1.165) is 13.0 Å². The Morgan fingerprint density at radius 1 is 1.57 bits per heavy atom. The van der Waals surface area contributed by atoms with E-state index in [1.165, 1.54) is 0 Å². The molecule has 1 heterocycles. The summed E-state index contributed by atoms with van der Waals surface area (Å²) >= 11 is 0. The molecule has 2 unspecified atom stereocenters. The average Bonchev–Trinajstić information content (AvgIpc) is 2.48. The van der Waals surface area contributed by atoms with Gasteiger partial charge >= 0.3 is 0 Å². The molecule has 5 nitrogen and oxygen atoms in total. The van der Waals surface area contributed by atoms with Crippen molar-refractivity contribution in [1.82, 2.24) is 4.72 Å². The molecule has 6 heteroatoms. The van der Waals surface area contributed by atoms with Crippen LogP contribution in [0.15, 0.2) is 0 Å². The van der Waals surface area contributed by atoms with Crippen LogP contribution >= 0.6 is 0 Å². The lowest BCUT2D eigenvalue weighted by Gasteiger charge is -2.14. The van der Waals surface area contributed by atoms with Crippen molar-refractivity contribution in [1.29, 1.82) is 0 Å². The molecular weight excluding hydrogens is 204 g/mol. The molecule has 1 fully saturated rings. The van der Waals surface area contributed by atoms with Crippen molar-refractivity contribution < 1.29 is 13.2 Å². The SMILES string of the molecule is CC1OCCC1CNS(=O)(=O)CCN. The average molecular weight is 222 g/mol. The first kappa shape index (κ1) is 11.9. The highest BCUT2D eigenvalue weighted by Gasteiger charge is 2.25. The maximum atomic E-state index is 11.3. The Balaban J connectivity index is 2.32. The van der Waals surface area contributed by atoms with Gasteiger partial charge < -0.3 is 10.5 Å². The van der Waals surface area contributed by atoms with E-state index in [-0.39, 0.29) is 18.4 Å². The topological polar surface area (TPSA) is 81.4 Å².